The molecule has 2 nitrogen and oxygen atoms in total. The van der Waals surface area contributed by atoms with Crippen LogP contribution in [0.25, 0.3) is 0 Å². The molecule has 5 heteroatoms. The Labute approximate surface area is 85.1 Å². The van der Waals surface area contributed by atoms with Gasteiger partial charge in [-0.2, -0.15) is 0 Å². The first kappa shape index (κ1) is 11.6. The van der Waals surface area contributed by atoms with Crippen LogP contribution < -0.4 is 5.32 Å². The van der Waals surface area contributed by atoms with Gasteiger partial charge in [0.05, 0.1) is 0 Å². The summed E-state index contributed by atoms with van der Waals surface area (Å²) in [6.45, 7) is 1.51. The molecule has 0 spiro atoms. The van der Waals surface area contributed by atoms with Crippen LogP contribution in [0.4, 0.5) is 13.2 Å². The largest absolute Gasteiger partial charge is 0.356 e. The Hall–Kier alpha value is -1.52. The van der Waals surface area contributed by atoms with Crippen molar-refractivity contribution >= 4 is 5.91 Å². The van der Waals surface area contributed by atoms with Gasteiger partial charge in [-0.15, -0.1) is 0 Å². The zero-order chi connectivity index (χ0) is 11.4. The van der Waals surface area contributed by atoms with Gasteiger partial charge in [0.15, 0.2) is 17.5 Å². The number of carbonyl (C=O) groups excluding carboxylic acids is 1. The Bertz CT molecular complexity index is 379. The molecule has 1 aromatic rings. The molecule has 0 aliphatic heterocycles. The highest BCUT2D eigenvalue weighted by molar-refractivity contribution is 5.72. The predicted octanol–water partition coefficient (Wildman–Crippen LogP) is 1.78. The van der Waals surface area contributed by atoms with Gasteiger partial charge in [0.25, 0.3) is 0 Å². The maximum atomic E-state index is 13.1. The Morgan fingerprint density at radius 2 is 1.93 bits per heavy atom. The van der Waals surface area contributed by atoms with Gasteiger partial charge in [-0.05, 0) is 18.1 Å². The van der Waals surface area contributed by atoms with E-state index in [0.29, 0.717) is 0 Å². The average molecular weight is 217 g/mol. The second-order valence-corrected chi connectivity index (χ2v) is 3.07. The molecular formula is C10H10F3NO. The van der Waals surface area contributed by atoms with E-state index < -0.39 is 17.5 Å². The maximum absolute atomic E-state index is 13.1. The number of hydrogen-bond acceptors (Lipinski definition) is 1. The summed E-state index contributed by atoms with van der Waals surface area (Å²) in [7, 11) is 0. The number of benzene rings is 1. The first-order valence-corrected chi connectivity index (χ1v) is 4.39. The molecule has 1 rings (SSSR count). The fourth-order valence-electron chi connectivity index (χ4n) is 1.13. The molecule has 0 unspecified atom stereocenters. The zero-order valence-electron chi connectivity index (χ0n) is 8.11. The highest BCUT2D eigenvalue weighted by atomic mass is 19.2. The second-order valence-electron chi connectivity index (χ2n) is 3.07. The van der Waals surface area contributed by atoms with Crippen molar-refractivity contribution in [2.45, 2.75) is 13.3 Å². The summed E-state index contributed by atoms with van der Waals surface area (Å²) in [5.41, 5.74) is 0.0441. The molecule has 0 aliphatic rings. The van der Waals surface area contributed by atoms with Crippen molar-refractivity contribution in [1.29, 1.82) is 0 Å². The lowest BCUT2D eigenvalue weighted by molar-refractivity contribution is -0.118. The number of rotatable bonds is 3. The number of nitrogens with one attached hydrogen (secondary N) is 1. The fourth-order valence-corrected chi connectivity index (χ4v) is 1.13. The second kappa shape index (κ2) is 4.82. The van der Waals surface area contributed by atoms with Crippen LogP contribution in [0.15, 0.2) is 12.1 Å². The van der Waals surface area contributed by atoms with Gasteiger partial charge in [-0.3, -0.25) is 4.79 Å². The summed E-state index contributed by atoms with van der Waals surface area (Å²) in [4.78, 5) is 10.5. The molecular weight excluding hydrogens is 207 g/mol. The summed E-state index contributed by atoms with van der Waals surface area (Å²) in [5.74, 6) is -4.13. The van der Waals surface area contributed by atoms with Crippen molar-refractivity contribution in [3.05, 3.63) is 35.1 Å². The lowest BCUT2D eigenvalue weighted by Gasteiger charge is -2.05. The van der Waals surface area contributed by atoms with Gasteiger partial charge in [-0.1, -0.05) is 6.07 Å². The highest BCUT2D eigenvalue weighted by Gasteiger charge is 2.12. The van der Waals surface area contributed by atoms with Crippen LogP contribution in [0.5, 0.6) is 0 Å². The van der Waals surface area contributed by atoms with Crippen LogP contribution in [-0.4, -0.2) is 12.5 Å². The quantitative estimate of drug-likeness (QED) is 0.768. The average Bonchev–Trinajstić information content (AvgIpc) is 2.18. The van der Waals surface area contributed by atoms with Crippen molar-refractivity contribution in [3.63, 3.8) is 0 Å². The molecule has 0 bridgehead atoms. The van der Waals surface area contributed by atoms with Crippen LogP contribution in [0.2, 0.25) is 0 Å². The normalized spacial score (nSPS) is 10.1. The van der Waals surface area contributed by atoms with Gasteiger partial charge in [0, 0.05) is 13.5 Å². The molecule has 0 radical (unpaired) electrons. The summed E-state index contributed by atoms with van der Waals surface area (Å²) in [6, 6.07) is 2.02. The molecule has 1 aromatic carbocycles. The van der Waals surface area contributed by atoms with Crippen LogP contribution in [0.3, 0.4) is 0 Å². The van der Waals surface area contributed by atoms with Gasteiger partial charge in [-0.25, -0.2) is 13.2 Å². The Kier molecular flexibility index (Phi) is 3.71. The molecule has 82 valence electrons. The summed E-state index contributed by atoms with van der Waals surface area (Å²) >= 11 is 0. The van der Waals surface area contributed by atoms with Crippen molar-refractivity contribution in [3.8, 4) is 0 Å². The Morgan fingerprint density at radius 3 is 2.53 bits per heavy atom. The van der Waals surface area contributed by atoms with Crippen LogP contribution in [-0.2, 0) is 11.2 Å². The molecule has 1 amide bonds. The number of amides is 1. The molecule has 0 saturated heterocycles. The van der Waals surface area contributed by atoms with Gasteiger partial charge in [0.2, 0.25) is 5.91 Å². The van der Waals surface area contributed by atoms with Crippen molar-refractivity contribution in [2.24, 2.45) is 0 Å². The minimum atomic E-state index is -1.48. The van der Waals surface area contributed by atoms with Crippen molar-refractivity contribution in [1.82, 2.24) is 5.32 Å². The Balaban J connectivity index is 2.70. The number of halogens is 3. The van der Waals surface area contributed by atoms with Gasteiger partial charge in [0.1, 0.15) is 0 Å². The molecule has 1 N–H and O–H groups in total. The fraction of sp³-hybridized carbons (Fsp3) is 0.300. The van der Waals surface area contributed by atoms with E-state index in [2.05, 4.69) is 5.32 Å². The topological polar surface area (TPSA) is 29.1 Å². The van der Waals surface area contributed by atoms with E-state index in [0.717, 1.165) is 12.1 Å². The standard InChI is InChI=1S/C10H10F3NO/c1-6(15)14-5-4-7-2-3-8(11)10(13)9(7)12/h2-3H,4-5H2,1H3,(H,14,15). The van der Waals surface area contributed by atoms with E-state index in [4.69, 9.17) is 0 Å². The minimum absolute atomic E-state index is 0.0441. The molecule has 15 heavy (non-hydrogen) atoms. The Morgan fingerprint density at radius 1 is 1.27 bits per heavy atom. The van der Waals surface area contributed by atoms with E-state index in [1.54, 1.807) is 0 Å². The summed E-state index contributed by atoms with van der Waals surface area (Å²) < 4.78 is 38.3. The maximum Gasteiger partial charge on any atom is 0.216 e. The van der Waals surface area contributed by atoms with Crippen LogP contribution in [0, 0.1) is 17.5 Å². The predicted molar refractivity (Wildman–Crippen MR) is 48.7 cm³/mol. The third kappa shape index (κ3) is 2.97. The molecule has 0 fully saturated rings. The SMILES string of the molecule is CC(=O)NCCc1ccc(F)c(F)c1F. The molecule has 0 aromatic heterocycles. The number of carbonyl (C=O) groups is 1. The molecule has 0 atom stereocenters. The minimum Gasteiger partial charge on any atom is -0.356 e. The van der Waals surface area contributed by atoms with E-state index in [-0.39, 0.29) is 24.4 Å². The third-order valence-electron chi connectivity index (χ3n) is 1.88. The monoisotopic (exact) mass is 217 g/mol. The van der Waals surface area contributed by atoms with Gasteiger partial charge < -0.3 is 5.32 Å². The lowest BCUT2D eigenvalue weighted by Crippen LogP contribution is -2.22. The molecule has 0 heterocycles. The van der Waals surface area contributed by atoms with E-state index in [1.807, 2.05) is 0 Å². The highest BCUT2D eigenvalue weighted by Crippen LogP contribution is 2.15. The van der Waals surface area contributed by atoms with E-state index in [1.165, 1.54) is 6.92 Å². The lowest BCUT2D eigenvalue weighted by atomic mass is 10.1. The van der Waals surface area contributed by atoms with E-state index >= 15 is 0 Å². The first-order valence-electron chi connectivity index (χ1n) is 4.39. The first-order chi connectivity index (χ1) is 7.02. The third-order valence-corrected chi connectivity index (χ3v) is 1.88. The smallest absolute Gasteiger partial charge is 0.216 e. The van der Waals surface area contributed by atoms with Crippen LogP contribution in [0.1, 0.15) is 12.5 Å². The molecule has 0 saturated carbocycles. The number of hydrogen-bond donors (Lipinski definition) is 1. The summed E-state index contributed by atoms with van der Waals surface area (Å²) in [6.07, 6.45) is 0.128. The van der Waals surface area contributed by atoms with E-state index in [9.17, 15) is 18.0 Å². The van der Waals surface area contributed by atoms with Crippen molar-refractivity contribution in [2.75, 3.05) is 6.54 Å². The van der Waals surface area contributed by atoms with Gasteiger partial charge >= 0.3 is 0 Å². The zero-order valence-corrected chi connectivity index (χ0v) is 8.11. The van der Waals surface area contributed by atoms with Crippen LogP contribution >= 0.6 is 0 Å². The molecule has 0 aliphatic carbocycles. The summed E-state index contributed by atoms with van der Waals surface area (Å²) in [5, 5.41) is 2.43. The van der Waals surface area contributed by atoms with Crippen molar-refractivity contribution < 1.29 is 18.0 Å².